The molecule has 1 amide bonds. The first-order valence-electron chi connectivity index (χ1n) is 8.55. The van der Waals surface area contributed by atoms with Gasteiger partial charge in [0.2, 0.25) is 15.9 Å². The largest absolute Gasteiger partial charge is 0.468 e. The molecule has 2 aliphatic rings. The molecule has 8 heteroatoms. The highest BCUT2D eigenvalue weighted by Gasteiger charge is 2.39. The molecule has 0 unspecified atom stereocenters. The molecule has 1 atom stereocenters. The first-order chi connectivity index (χ1) is 12.4. The number of furan rings is 1. The number of rotatable bonds is 3. The van der Waals surface area contributed by atoms with Crippen LogP contribution >= 0.6 is 15.9 Å². The van der Waals surface area contributed by atoms with Crippen LogP contribution in [0.4, 0.5) is 5.69 Å². The lowest BCUT2D eigenvalue weighted by Gasteiger charge is -2.24. The van der Waals surface area contributed by atoms with Gasteiger partial charge in [-0.25, -0.2) is 8.42 Å². The number of hydrogen-bond acceptors (Lipinski definition) is 4. The molecular weight excluding hydrogens is 420 g/mol. The number of benzene rings is 1. The van der Waals surface area contributed by atoms with Gasteiger partial charge in [-0.05, 0) is 65.0 Å². The van der Waals surface area contributed by atoms with E-state index in [9.17, 15) is 13.2 Å². The van der Waals surface area contributed by atoms with E-state index in [0.29, 0.717) is 29.0 Å². The molecule has 1 saturated heterocycles. The predicted octanol–water partition coefficient (Wildman–Crippen LogP) is 3.48. The third kappa shape index (κ3) is 2.80. The molecule has 0 bridgehead atoms. The Hall–Kier alpha value is -1.64. The van der Waals surface area contributed by atoms with Crippen molar-refractivity contribution in [1.82, 2.24) is 4.31 Å². The molecule has 1 aromatic heterocycles. The van der Waals surface area contributed by atoms with E-state index in [0.717, 1.165) is 24.8 Å². The minimum atomic E-state index is -3.73. The van der Waals surface area contributed by atoms with E-state index in [1.165, 1.54) is 11.2 Å². The summed E-state index contributed by atoms with van der Waals surface area (Å²) in [6.07, 6.45) is 3.81. The van der Waals surface area contributed by atoms with Crippen LogP contribution in [0, 0.1) is 0 Å². The number of nitrogens with zero attached hydrogens (tertiary/aromatic N) is 2. The Balaban J connectivity index is 1.77. The number of hydrogen-bond donors (Lipinski definition) is 0. The second kappa shape index (κ2) is 6.51. The summed E-state index contributed by atoms with van der Waals surface area (Å²) in [5, 5.41) is 0. The van der Waals surface area contributed by atoms with Crippen LogP contribution in [-0.2, 0) is 21.2 Å². The summed E-state index contributed by atoms with van der Waals surface area (Å²) >= 11 is 3.43. The van der Waals surface area contributed by atoms with Gasteiger partial charge in [-0.1, -0.05) is 0 Å². The molecule has 0 spiro atoms. The smallest absolute Gasteiger partial charge is 0.244 e. The SMILES string of the molecule is CC(=O)N1CCc2cc(Br)c(S(=O)(=O)N3CCC[C@H]3c3ccco3)cc21. The van der Waals surface area contributed by atoms with Crippen LogP contribution in [0.5, 0.6) is 0 Å². The Labute approximate surface area is 161 Å². The Morgan fingerprint density at radius 3 is 2.81 bits per heavy atom. The summed E-state index contributed by atoms with van der Waals surface area (Å²) < 4.78 is 34.3. The van der Waals surface area contributed by atoms with Crippen molar-refractivity contribution in [1.29, 1.82) is 0 Å². The minimum Gasteiger partial charge on any atom is -0.468 e. The maximum absolute atomic E-state index is 13.4. The van der Waals surface area contributed by atoms with Crippen molar-refractivity contribution in [3.8, 4) is 0 Å². The Morgan fingerprint density at radius 2 is 2.12 bits per heavy atom. The molecular formula is C18H19BrN2O4S. The van der Waals surface area contributed by atoms with E-state index < -0.39 is 10.0 Å². The van der Waals surface area contributed by atoms with Crippen LogP contribution in [0.3, 0.4) is 0 Å². The second-order valence-corrected chi connectivity index (χ2v) is 9.33. The molecule has 6 nitrogen and oxygen atoms in total. The van der Waals surface area contributed by atoms with Crippen molar-refractivity contribution in [2.24, 2.45) is 0 Å². The summed E-state index contributed by atoms with van der Waals surface area (Å²) in [4.78, 5) is 13.7. The zero-order valence-corrected chi connectivity index (χ0v) is 16.7. The number of halogens is 1. The van der Waals surface area contributed by atoms with Crippen molar-refractivity contribution in [3.63, 3.8) is 0 Å². The van der Waals surface area contributed by atoms with E-state index in [4.69, 9.17) is 4.42 Å². The first-order valence-corrected chi connectivity index (χ1v) is 10.8. The molecule has 4 rings (SSSR count). The highest BCUT2D eigenvalue weighted by atomic mass is 79.9. The van der Waals surface area contributed by atoms with Gasteiger partial charge in [0.15, 0.2) is 0 Å². The average molecular weight is 439 g/mol. The Kier molecular flexibility index (Phi) is 4.45. The number of sulfonamides is 1. The summed E-state index contributed by atoms with van der Waals surface area (Å²) in [7, 11) is -3.73. The average Bonchev–Trinajstić information content (AvgIpc) is 3.32. The van der Waals surface area contributed by atoms with Crippen LogP contribution in [0.15, 0.2) is 44.3 Å². The lowest BCUT2D eigenvalue weighted by Crippen LogP contribution is -2.31. The Morgan fingerprint density at radius 1 is 1.31 bits per heavy atom. The summed E-state index contributed by atoms with van der Waals surface area (Å²) in [5.74, 6) is 0.581. The molecule has 1 aromatic carbocycles. The zero-order chi connectivity index (χ0) is 18.5. The standard InChI is InChI=1S/C18H19BrN2O4S/c1-12(22)20-8-6-13-10-14(19)18(11-16(13)20)26(23,24)21-7-2-4-15(21)17-5-3-9-25-17/h3,5,9-11,15H,2,4,6-8H2,1H3/t15-/m0/s1. The topological polar surface area (TPSA) is 70.8 Å². The van der Waals surface area contributed by atoms with Gasteiger partial charge in [0, 0.05) is 30.2 Å². The molecule has 26 heavy (non-hydrogen) atoms. The number of carbonyl (C=O) groups is 1. The number of carbonyl (C=O) groups excluding carboxylic acids is 1. The molecule has 0 saturated carbocycles. The maximum Gasteiger partial charge on any atom is 0.244 e. The van der Waals surface area contributed by atoms with Gasteiger partial charge in [-0.15, -0.1) is 0 Å². The Bertz CT molecular complexity index is 956. The third-order valence-electron chi connectivity index (χ3n) is 5.07. The molecule has 2 aliphatic heterocycles. The fourth-order valence-electron chi connectivity index (χ4n) is 3.83. The number of fused-ring (bicyclic) bond motifs is 1. The summed E-state index contributed by atoms with van der Waals surface area (Å²) in [5.41, 5.74) is 1.67. The molecule has 0 radical (unpaired) electrons. The van der Waals surface area contributed by atoms with E-state index in [2.05, 4.69) is 15.9 Å². The number of anilines is 1. The first kappa shape index (κ1) is 17.8. The van der Waals surface area contributed by atoms with Crippen LogP contribution < -0.4 is 4.90 Å². The van der Waals surface area contributed by atoms with E-state index in [1.807, 2.05) is 12.1 Å². The van der Waals surface area contributed by atoms with Crippen molar-refractivity contribution in [2.75, 3.05) is 18.0 Å². The van der Waals surface area contributed by atoms with Gasteiger partial charge < -0.3 is 9.32 Å². The van der Waals surface area contributed by atoms with Crippen LogP contribution in [0.25, 0.3) is 0 Å². The van der Waals surface area contributed by atoms with Crippen LogP contribution in [-0.4, -0.2) is 31.7 Å². The molecule has 2 aromatic rings. The zero-order valence-electron chi connectivity index (χ0n) is 14.3. The van der Waals surface area contributed by atoms with Gasteiger partial charge in [-0.3, -0.25) is 4.79 Å². The molecule has 0 N–H and O–H groups in total. The maximum atomic E-state index is 13.4. The molecule has 1 fully saturated rings. The monoisotopic (exact) mass is 438 g/mol. The van der Waals surface area contributed by atoms with Gasteiger partial charge in [0.1, 0.15) is 5.76 Å². The summed E-state index contributed by atoms with van der Waals surface area (Å²) in [6, 6.07) is 6.74. The van der Waals surface area contributed by atoms with Crippen molar-refractivity contribution < 1.29 is 17.6 Å². The lowest BCUT2D eigenvalue weighted by molar-refractivity contribution is -0.116. The highest BCUT2D eigenvalue weighted by Crippen LogP contribution is 2.41. The highest BCUT2D eigenvalue weighted by molar-refractivity contribution is 9.10. The van der Waals surface area contributed by atoms with Gasteiger partial charge in [0.25, 0.3) is 0 Å². The fraction of sp³-hybridized carbons (Fsp3) is 0.389. The number of amides is 1. The van der Waals surface area contributed by atoms with E-state index >= 15 is 0 Å². The minimum absolute atomic E-state index is 0.0796. The second-order valence-electron chi connectivity index (χ2n) is 6.62. The van der Waals surface area contributed by atoms with Gasteiger partial charge in [0.05, 0.1) is 17.2 Å². The predicted molar refractivity (Wildman–Crippen MR) is 100 cm³/mol. The fourth-order valence-corrected chi connectivity index (χ4v) is 6.57. The third-order valence-corrected chi connectivity index (χ3v) is 7.94. The molecule has 0 aliphatic carbocycles. The van der Waals surface area contributed by atoms with Gasteiger partial charge >= 0.3 is 0 Å². The molecule has 3 heterocycles. The molecule has 138 valence electrons. The quantitative estimate of drug-likeness (QED) is 0.735. The van der Waals surface area contributed by atoms with Crippen LogP contribution in [0.2, 0.25) is 0 Å². The van der Waals surface area contributed by atoms with Crippen LogP contribution in [0.1, 0.15) is 37.1 Å². The summed E-state index contributed by atoms with van der Waals surface area (Å²) in [6.45, 7) is 2.53. The van der Waals surface area contributed by atoms with Crippen molar-refractivity contribution >= 4 is 37.5 Å². The van der Waals surface area contributed by atoms with Crippen molar-refractivity contribution in [2.45, 2.75) is 37.1 Å². The van der Waals surface area contributed by atoms with E-state index in [-0.39, 0.29) is 16.8 Å². The lowest BCUT2D eigenvalue weighted by atomic mass is 10.2. The normalized spacial score (nSPS) is 20.5. The van der Waals surface area contributed by atoms with Gasteiger partial charge in [-0.2, -0.15) is 4.31 Å². The van der Waals surface area contributed by atoms with Crippen molar-refractivity contribution in [3.05, 3.63) is 46.3 Å². The van der Waals surface area contributed by atoms with E-state index in [1.54, 1.807) is 23.3 Å².